The third kappa shape index (κ3) is 3.18. The maximum Gasteiger partial charge on any atom is 0.317 e. The van der Waals surface area contributed by atoms with Gasteiger partial charge in [0.1, 0.15) is 0 Å². The summed E-state index contributed by atoms with van der Waals surface area (Å²) in [6, 6.07) is 0.0564. The lowest BCUT2D eigenvalue weighted by molar-refractivity contribution is 0.196. The Morgan fingerprint density at radius 2 is 2.00 bits per heavy atom. The van der Waals surface area contributed by atoms with Crippen LogP contribution in [-0.4, -0.2) is 36.1 Å². The van der Waals surface area contributed by atoms with Crippen LogP contribution in [0.2, 0.25) is 0 Å². The van der Waals surface area contributed by atoms with Gasteiger partial charge < -0.3 is 16.0 Å². The van der Waals surface area contributed by atoms with E-state index < -0.39 is 0 Å². The molecule has 1 aliphatic rings. The molecule has 1 heterocycles. The Morgan fingerprint density at radius 3 is 2.50 bits per heavy atom. The summed E-state index contributed by atoms with van der Waals surface area (Å²) in [4.78, 5) is 13.6. The lowest BCUT2D eigenvalue weighted by Crippen LogP contribution is -2.50. The van der Waals surface area contributed by atoms with Crippen LogP contribution in [0.4, 0.5) is 4.79 Å². The van der Waals surface area contributed by atoms with Crippen molar-refractivity contribution in [2.45, 2.75) is 38.6 Å². The maximum atomic E-state index is 11.7. The molecule has 0 atom stereocenters. The highest BCUT2D eigenvalue weighted by Gasteiger charge is 2.24. The molecule has 0 radical (unpaired) electrons. The van der Waals surface area contributed by atoms with Crippen LogP contribution in [0.5, 0.6) is 0 Å². The Bertz CT molecular complexity index is 198. The average Bonchev–Trinajstić information content (AvgIpc) is 2.53. The van der Waals surface area contributed by atoms with Gasteiger partial charge in [-0.3, -0.25) is 0 Å². The standard InChI is InChI=1S/C10H21N3O/c1-10(2,5-6-11)12-9(14)13-7-3-4-8-13/h3-8,11H2,1-2H3,(H,12,14). The highest BCUT2D eigenvalue weighted by molar-refractivity contribution is 5.75. The van der Waals surface area contributed by atoms with E-state index in [2.05, 4.69) is 5.32 Å². The summed E-state index contributed by atoms with van der Waals surface area (Å²) < 4.78 is 0. The van der Waals surface area contributed by atoms with Crippen molar-refractivity contribution >= 4 is 6.03 Å². The van der Waals surface area contributed by atoms with E-state index in [0.717, 1.165) is 32.4 Å². The first-order valence-corrected chi connectivity index (χ1v) is 5.32. The molecule has 2 amide bonds. The Labute approximate surface area is 85.8 Å². The minimum atomic E-state index is -0.186. The molecule has 4 heteroatoms. The molecule has 0 unspecified atom stereocenters. The molecular formula is C10H21N3O. The fourth-order valence-electron chi connectivity index (χ4n) is 1.71. The minimum absolute atomic E-state index is 0.0564. The lowest BCUT2D eigenvalue weighted by atomic mass is 10.0. The first-order chi connectivity index (χ1) is 6.55. The SMILES string of the molecule is CC(C)(CCN)NC(=O)N1CCCC1. The van der Waals surface area contributed by atoms with Gasteiger partial charge in [-0.15, -0.1) is 0 Å². The lowest BCUT2D eigenvalue weighted by Gasteiger charge is -2.28. The molecular weight excluding hydrogens is 178 g/mol. The Morgan fingerprint density at radius 1 is 1.43 bits per heavy atom. The van der Waals surface area contributed by atoms with Crippen LogP contribution in [0.1, 0.15) is 33.1 Å². The van der Waals surface area contributed by atoms with Crippen LogP contribution in [-0.2, 0) is 0 Å². The Kier molecular flexibility index (Phi) is 3.75. The van der Waals surface area contributed by atoms with Crippen LogP contribution in [0.25, 0.3) is 0 Å². The van der Waals surface area contributed by atoms with Gasteiger partial charge in [-0.05, 0) is 39.7 Å². The zero-order valence-electron chi connectivity index (χ0n) is 9.18. The third-order valence-electron chi connectivity index (χ3n) is 2.61. The number of carbonyl (C=O) groups excluding carboxylic acids is 1. The van der Waals surface area contributed by atoms with Gasteiger partial charge in [0.15, 0.2) is 0 Å². The van der Waals surface area contributed by atoms with E-state index in [1.54, 1.807) is 0 Å². The van der Waals surface area contributed by atoms with Crippen LogP contribution in [0.15, 0.2) is 0 Å². The van der Waals surface area contributed by atoms with Crippen molar-refractivity contribution in [2.24, 2.45) is 5.73 Å². The molecule has 0 spiro atoms. The van der Waals surface area contributed by atoms with Gasteiger partial charge in [0.2, 0.25) is 0 Å². The molecule has 0 saturated carbocycles. The third-order valence-corrected chi connectivity index (χ3v) is 2.61. The molecule has 82 valence electrons. The fourth-order valence-corrected chi connectivity index (χ4v) is 1.71. The van der Waals surface area contributed by atoms with Gasteiger partial charge in [-0.1, -0.05) is 0 Å². The topological polar surface area (TPSA) is 58.4 Å². The predicted octanol–water partition coefficient (Wildman–Crippen LogP) is 0.919. The van der Waals surface area contributed by atoms with Crippen molar-refractivity contribution < 1.29 is 4.79 Å². The number of rotatable bonds is 3. The molecule has 0 bridgehead atoms. The van der Waals surface area contributed by atoms with Crippen molar-refractivity contribution in [3.05, 3.63) is 0 Å². The highest BCUT2D eigenvalue weighted by Crippen LogP contribution is 2.11. The summed E-state index contributed by atoms with van der Waals surface area (Å²) in [5.41, 5.74) is 5.29. The number of nitrogens with one attached hydrogen (secondary N) is 1. The number of carbonyl (C=O) groups is 1. The zero-order valence-corrected chi connectivity index (χ0v) is 9.18. The van der Waals surface area contributed by atoms with Crippen LogP contribution in [0, 0.1) is 0 Å². The Hall–Kier alpha value is -0.770. The number of urea groups is 1. The van der Waals surface area contributed by atoms with Gasteiger partial charge in [0.05, 0.1) is 0 Å². The summed E-state index contributed by atoms with van der Waals surface area (Å²) in [5, 5.41) is 3.01. The van der Waals surface area contributed by atoms with Crippen molar-refractivity contribution in [3.63, 3.8) is 0 Å². The number of hydrogen-bond donors (Lipinski definition) is 2. The second kappa shape index (κ2) is 4.64. The van der Waals surface area contributed by atoms with Gasteiger partial charge in [0, 0.05) is 18.6 Å². The monoisotopic (exact) mass is 199 g/mol. The number of nitrogens with two attached hydrogens (primary N) is 1. The van der Waals surface area contributed by atoms with E-state index in [1.165, 1.54) is 0 Å². The number of amides is 2. The first-order valence-electron chi connectivity index (χ1n) is 5.32. The molecule has 0 aliphatic carbocycles. The van der Waals surface area contributed by atoms with E-state index in [1.807, 2.05) is 18.7 Å². The minimum Gasteiger partial charge on any atom is -0.333 e. The molecule has 0 aromatic carbocycles. The second-order valence-electron chi connectivity index (χ2n) is 4.55. The largest absolute Gasteiger partial charge is 0.333 e. The maximum absolute atomic E-state index is 11.7. The van der Waals surface area contributed by atoms with Gasteiger partial charge in [-0.2, -0.15) is 0 Å². The quantitative estimate of drug-likeness (QED) is 0.710. The summed E-state index contributed by atoms with van der Waals surface area (Å²) in [5.74, 6) is 0. The summed E-state index contributed by atoms with van der Waals surface area (Å²) in [7, 11) is 0. The number of likely N-dealkylation sites (tertiary alicyclic amines) is 1. The Balaban J connectivity index is 2.38. The van der Waals surface area contributed by atoms with E-state index in [9.17, 15) is 4.79 Å². The molecule has 1 rings (SSSR count). The molecule has 0 aromatic heterocycles. The molecule has 1 aliphatic heterocycles. The van der Waals surface area contributed by atoms with E-state index >= 15 is 0 Å². The van der Waals surface area contributed by atoms with Crippen molar-refractivity contribution in [2.75, 3.05) is 19.6 Å². The summed E-state index contributed by atoms with van der Waals surface area (Å²) in [6.07, 6.45) is 3.07. The number of hydrogen-bond acceptors (Lipinski definition) is 2. The molecule has 1 saturated heterocycles. The second-order valence-corrected chi connectivity index (χ2v) is 4.55. The van der Waals surface area contributed by atoms with Gasteiger partial charge in [0.25, 0.3) is 0 Å². The molecule has 1 fully saturated rings. The first kappa shape index (κ1) is 11.3. The molecule has 3 N–H and O–H groups in total. The van der Waals surface area contributed by atoms with Crippen LogP contribution < -0.4 is 11.1 Å². The number of nitrogens with zero attached hydrogens (tertiary/aromatic N) is 1. The molecule has 14 heavy (non-hydrogen) atoms. The molecule has 4 nitrogen and oxygen atoms in total. The normalized spacial score (nSPS) is 17.2. The van der Waals surface area contributed by atoms with Gasteiger partial charge in [-0.25, -0.2) is 4.79 Å². The van der Waals surface area contributed by atoms with Crippen LogP contribution in [0.3, 0.4) is 0 Å². The van der Waals surface area contributed by atoms with E-state index in [0.29, 0.717) is 6.54 Å². The summed E-state index contributed by atoms with van der Waals surface area (Å²) >= 11 is 0. The highest BCUT2D eigenvalue weighted by atomic mass is 16.2. The average molecular weight is 199 g/mol. The summed E-state index contributed by atoms with van der Waals surface area (Å²) in [6.45, 7) is 6.41. The van der Waals surface area contributed by atoms with Crippen LogP contribution >= 0.6 is 0 Å². The molecule has 0 aromatic rings. The fraction of sp³-hybridized carbons (Fsp3) is 0.900. The van der Waals surface area contributed by atoms with Crippen molar-refractivity contribution in [3.8, 4) is 0 Å². The smallest absolute Gasteiger partial charge is 0.317 e. The van der Waals surface area contributed by atoms with Crippen molar-refractivity contribution in [1.82, 2.24) is 10.2 Å². The van der Waals surface area contributed by atoms with E-state index in [-0.39, 0.29) is 11.6 Å². The van der Waals surface area contributed by atoms with Crippen molar-refractivity contribution in [1.29, 1.82) is 0 Å². The van der Waals surface area contributed by atoms with E-state index in [4.69, 9.17) is 5.73 Å². The zero-order chi connectivity index (χ0) is 10.6. The van der Waals surface area contributed by atoms with Gasteiger partial charge >= 0.3 is 6.03 Å². The predicted molar refractivity (Wildman–Crippen MR) is 57.1 cm³/mol.